The quantitative estimate of drug-likeness (QED) is 0.114. The molecule has 0 unspecified atom stereocenters. The Labute approximate surface area is 603 Å². The van der Waals surface area contributed by atoms with Crippen LogP contribution in [0.5, 0.6) is 0 Å². The van der Waals surface area contributed by atoms with Gasteiger partial charge in [-0.3, -0.25) is 19.9 Å². The molecule has 8 aromatic heterocycles. The van der Waals surface area contributed by atoms with Gasteiger partial charge >= 0.3 is 0 Å². The molecule has 0 saturated heterocycles. The van der Waals surface area contributed by atoms with E-state index in [1.54, 1.807) is 0 Å². The summed E-state index contributed by atoms with van der Waals surface area (Å²) in [7, 11) is 8.38. The molecule has 0 fully saturated rings. The summed E-state index contributed by atoms with van der Waals surface area (Å²) in [6, 6.07) is 66.3. The molecule has 15 rings (SSSR count). The largest absolute Gasteiger partial charge is 0.260 e. The molecule has 0 saturated carbocycles. The van der Waals surface area contributed by atoms with E-state index >= 15 is 0 Å². The maximum absolute atomic E-state index is 4.99. The van der Waals surface area contributed by atoms with Crippen LogP contribution in [0.4, 0.5) is 0 Å². The van der Waals surface area contributed by atoms with Crippen LogP contribution in [0.3, 0.4) is 0 Å². The second-order valence-corrected chi connectivity index (χ2v) is 28.9. The van der Waals surface area contributed by atoms with Gasteiger partial charge in [-0.15, -0.1) is 28.1 Å². The van der Waals surface area contributed by atoms with Crippen LogP contribution in [0.25, 0.3) is 100 Å². The van der Waals surface area contributed by atoms with Crippen molar-refractivity contribution >= 4 is 43.6 Å². The molecule has 15 aromatic rings. The van der Waals surface area contributed by atoms with Crippen LogP contribution < -0.4 is 18.7 Å². The summed E-state index contributed by atoms with van der Waals surface area (Å²) in [5.41, 5.74) is 28.8. The molecule has 8 heterocycles. The van der Waals surface area contributed by atoms with Crippen molar-refractivity contribution in [3.63, 3.8) is 0 Å². The molecule has 102 heavy (non-hydrogen) atoms. The minimum Gasteiger partial charge on any atom is -0.259 e. The SMILES string of the molecule is Cc1cc(-c2c(C(C)C)cccc2C(C)C)ncc1-n1cc2ccccc2[n+]1C.Cc1cc(-c2c(C)cccc2-c2ccccc2)ncc1-n1cc2ccccc2[n+]1C.Cc1cc(C(C)C)nc(C(C)C)c1-[n+]1cc2ccccc2n1C.Cc1cc(C(C)C)ncc1-n1cc2ccccc2[n+]1C. The van der Waals surface area contributed by atoms with Gasteiger partial charge in [-0.25, -0.2) is 0 Å². The number of hydrogen-bond donors (Lipinski definition) is 0. The Morgan fingerprint density at radius 2 is 0.784 bits per heavy atom. The molecule has 0 atom stereocenters. The molecular formula is C90H100N12+4. The van der Waals surface area contributed by atoms with E-state index in [9.17, 15) is 0 Å². The predicted molar refractivity (Wildman–Crippen MR) is 419 cm³/mol. The summed E-state index contributed by atoms with van der Waals surface area (Å²) in [6.45, 7) is 33.1. The van der Waals surface area contributed by atoms with Crippen LogP contribution in [0.15, 0.2) is 231 Å². The van der Waals surface area contributed by atoms with E-state index in [2.05, 4.69) is 387 Å². The Hall–Kier alpha value is -11.0. The molecule has 0 aliphatic rings. The van der Waals surface area contributed by atoms with E-state index in [0.29, 0.717) is 29.6 Å². The molecule has 12 heteroatoms. The van der Waals surface area contributed by atoms with E-state index in [1.165, 1.54) is 122 Å². The number of pyridine rings is 4. The van der Waals surface area contributed by atoms with E-state index < -0.39 is 0 Å². The van der Waals surface area contributed by atoms with Gasteiger partial charge in [0.05, 0.1) is 77.2 Å². The van der Waals surface area contributed by atoms with Crippen LogP contribution in [-0.2, 0) is 28.2 Å². The fourth-order valence-electron chi connectivity index (χ4n) is 14.2. The zero-order valence-electron chi connectivity index (χ0n) is 63.2. The standard InChI is InChI=1S/C27H24N3.C26H30N3.C20H26N3.C17H20N3/c1-19-10-9-14-23(21-11-5-4-6-12-21)27(19)24-16-20(2)26(17-28-24)30-18-22-13-7-8-15-25(22)29(30)3;1-17(2)21-11-9-12-22(18(3)4)26(21)23-14-19(5)25(15-27-23)29-16-20-10-7-8-13-24(20)28(29)6;1-13(2)17-11-15(5)20(19(21-17)14(3)4)23-12-16-9-7-8-10-18(16)22(23)6;1-12(2)15-9-13(3)17(10-18-15)20-11-14-7-5-6-8-16(14)19(20)4/h4-18H,1-3H3;7-18H,1-6H3;7-14H,1-6H3;5-12H,1-4H3/q4*+1. The number of hydrogen-bond acceptors (Lipinski definition) is 4. The molecule has 0 N–H and O–H groups in total. The second kappa shape index (κ2) is 30.1. The van der Waals surface area contributed by atoms with Gasteiger partial charge in [0.1, 0.15) is 28.3 Å². The summed E-state index contributed by atoms with van der Waals surface area (Å²) in [6.07, 6.45) is 14.7. The monoisotopic (exact) mass is 1350 g/mol. The van der Waals surface area contributed by atoms with Crippen molar-refractivity contribution < 1.29 is 18.7 Å². The molecule has 0 aliphatic heterocycles. The number of rotatable bonds is 12. The lowest BCUT2D eigenvalue weighted by Crippen LogP contribution is -2.41. The molecule has 0 radical (unpaired) electrons. The highest BCUT2D eigenvalue weighted by atomic mass is 15.4. The first kappa shape index (κ1) is 70.9. The lowest BCUT2D eigenvalue weighted by molar-refractivity contribution is -0.721. The van der Waals surface area contributed by atoms with Crippen LogP contribution >= 0.6 is 0 Å². The molecule has 12 nitrogen and oxygen atoms in total. The van der Waals surface area contributed by atoms with Crippen molar-refractivity contribution in [2.24, 2.45) is 28.2 Å². The Morgan fingerprint density at radius 3 is 1.23 bits per heavy atom. The molecule has 0 spiro atoms. The summed E-state index contributed by atoms with van der Waals surface area (Å²) >= 11 is 0. The average Bonchev–Trinajstić information content (AvgIpc) is 1.54. The van der Waals surface area contributed by atoms with Gasteiger partial charge in [-0.05, 0) is 157 Å². The van der Waals surface area contributed by atoms with Gasteiger partial charge in [0.15, 0.2) is 21.1 Å². The normalized spacial score (nSPS) is 11.5. The first-order chi connectivity index (χ1) is 49.0. The molecule has 7 aromatic carbocycles. The third-order valence-corrected chi connectivity index (χ3v) is 19.9. The van der Waals surface area contributed by atoms with Gasteiger partial charge in [-0.2, -0.15) is 4.68 Å². The molecule has 0 bridgehead atoms. The zero-order chi connectivity index (χ0) is 72.4. The van der Waals surface area contributed by atoms with Gasteiger partial charge < -0.3 is 0 Å². The fraction of sp³-hybridized carbons (Fsp3) is 0.267. The molecular weight excluding hydrogens is 1250 g/mol. The van der Waals surface area contributed by atoms with Gasteiger partial charge in [0.2, 0.25) is 22.7 Å². The Balaban J connectivity index is 0.000000130. The first-order valence-corrected chi connectivity index (χ1v) is 36.1. The number of aromatic nitrogens is 12. The Kier molecular flexibility index (Phi) is 20.9. The highest BCUT2D eigenvalue weighted by Gasteiger charge is 2.28. The van der Waals surface area contributed by atoms with Crippen molar-refractivity contribution in [1.82, 2.24) is 38.7 Å². The van der Waals surface area contributed by atoms with E-state index in [-0.39, 0.29) is 0 Å². The molecule has 516 valence electrons. The Morgan fingerprint density at radius 1 is 0.363 bits per heavy atom. The highest BCUT2D eigenvalue weighted by Crippen LogP contribution is 2.38. The number of fused-ring (bicyclic) bond motifs is 4. The van der Waals surface area contributed by atoms with Crippen LogP contribution in [0.2, 0.25) is 0 Å². The lowest BCUT2D eigenvalue weighted by atomic mass is 9.86. The van der Waals surface area contributed by atoms with Gasteiger partial charge in [-0.1, -0.05) is 189 Å². The van der Waals surface area contributed by atoms with Crippen molar-refractivity contribution in [1.29, 1.82) is 0 Å². The fourth-order valence-corrected chi connectivity index (χ4v) is 14.2. The minimum atomic E-state index is 0.382. The Bertz CT molecular complexity index is 5490. The van der Waals surface area contributed by atoms with Gasteiger partial charge in [0, 0.05) is 52.2 Å². The summed E-state index contributed by atoms with van der Waals surface area (Å²) in [5.74, 6) is 2.20. The number of aryl methyl sites for hydroxylation is 9. The summed E-state index contributed by atoms with van der Waals surface area (Å²) in [5, 5.41) is 4.93. The van der Waals surface area contributed by atoms with Crippen molar-refractivity contribution in [3.05, 3.63) is 287 Å². The minimum absolute atomic E-state index is 0.382. The average molecular weight is 1350 g/mol. The van der Waals surface area contributed by atoms with E-state index in [4.69, 9.17) is 15.0 Å². The second-order valence-electron chi connectivity index (χ2n) is 28.9. The maximum Gasteiger partial charge on any atom is 0.260 e. The number of nitrogens with zero attached hydrogens (tertiary/aromatic N) is 12. The summed E-state index contributed by atoms with van der Waals surface area (Å²) in [4.78, 5) is 19.4. The van der Waals surface area contributed by atoms with Crippen LogP contribution in [0.1, 0.15) is 155 Å². The van der Waals surface area contributed by atoms with E-state index in [0.717, 1.165) is 34.1 Å². The molecule has 0 aliphatic carbocycles. The third kappa shape index (κ3) is 14.2. The number of para-hydroxylation sites is 4. The summed E-state index contributed by atoms with van der Waals surface area (Å²) < 4.78 is 17.5. The van der Waals surface area contributed by atoms with Crippen LogP contribution in [0, 0.1) is 34.6 Å². The van der Waals surface area contributed by atoms with Crippen molar-refractivity contribution in [2.75, 3.05) is 0 Å². The highest BCUT2D eigenvalue weighted by molar-refractivity contribution is 5.85. The predicted octanol–water partition coefficient (Wildman–Crippen LogP) is 19.6. The topological polar surface area (TPSA) is 86.8 Å². The van der Waals surface area contributed by atoms with E-state index in [1.807, 2.05) is 18.6 Å². The lowest BCUT2D eigenvalue weighted by Gasteiger charge is -2.20. The van der Waals surface area contributed by atoms with Crippen molar-refractivity contribution in [2.45, 2.75) is 133 Å². The molecule has 0 amide bonds. The first-order valence-electron chi connectivity index (χ1n) is 36.1. The smallest absolute Gasteiger partial charge is 0.259 e. The maximum atomic E-state index is 4.99. The number of benzene rings is 7. The zero-order valence-corrected chi connectivity index (χ0v) is 63.2. The third-order valence-electron chi connectivity index (χ3n) is 19.9. The van der Waals surface area contributed by atoms with Crippen molar-refractivity contribution in [3.8, 4) is 56.4 Å². The van der Waals surface area contributed by atoms with Gasteiger partial charge in [0.25, 0.3) is 5.69 Å². The van der Waals surface area contributed by atoms with Crippen LogP contribution in [-0.4, -0.2) is 38.7 Å².